The molecular formula is C20H23N3OS. The monoisotopic (exact) mass is 353 g/mol. The Labute approximate surface area is 152 Å². The summed E-state index contributed by atoms with van der Waals surface area (Å²) in [5, 5.41) is 2.06. The summed E-state index contributed by atoms with van der Waals surface area (Å²) in [6.07, 6.45) is 3.71. The number of rotatable bonds is 3. The number of carbonyl (C=O) groups is 1. The van der Waals surface area contributed by atoms with Crippen LogP contribution in [0.5, 0.6) is 0 Å². The van der Waals surface area contributed by atoms with E-state index in [4.69, 9.17) is 4.98 Å². The van der Waals surface area contributed by atoms with Gasteiger partial charge in [0, 0.05) is 35.9 Å². The highest BCUT2D eigenvalue weighted by molar-refractivity contribution is 7.15. The first-order valence-corrected chi connectivity index (χ1v) is 9.77. The molecule has 2 unspecified atom stereocenters. The van der Waals surface area contributed by atoms with Crippen LogP contribution < -0.4 is 0 Å². The summed E-state index contributed by atoms with van der Waals surface area (Å²) in [5.41, 5.74) is 3.10. The van der Waals surface area contributed by atoms with Crippen LogP contribution in [0.1, 0.15) is 26.0 Å². The summed E-state index contributed by atoms with van der Waals surface area (Å²) in [6.45, 7) is 6.24. The molecule has 1 fully saturated rings. The van der Waals surface area contributed by atoms with Gasteiger partial charge < -0.3 is 4.90 Å². The van der Waals surface area contributed by atoms with E-state index in [1.807, 2.05) is 29.3 Å². The first-order chi connectivity index (χ1) is 12.1. The number of hydrogen-bond donors (Lipinski definition) is 0. The van der Waals surface area contributed by atoms with Gasteiger partial charge in [-0.05, 0) is 18.3 Å². The average Bonchev–Trinajstić information content (AvgIpc) is 3.17. The fraction of sp³-hybridized carbons (Fsp3) is 0.400. The van der Waals surface area contributed by atoms with Gasteiger partial charge in [0.05, 0.1) is 12.1 Å². The van der Waals surface area contributed by atoms with Crippen LogP contribution in [-0.2, 0) is 11.2 Å². The van der Waals surface area contributed by atoms with E-state index in [1.54, 1.807) is 11.3 Å². The van der Waals surface area contributed by atoms with Crippen LogP contribution in [0, 0.1) is 11.8 Å². The van der Waals surface area contributed by atoms with Gasteiger partial charge in [-0.15, -0.1) is 11.3 Å². The molecule has 130 valence electrons. The molecule has 0 saturated carbocycles. The van der Waals surface area contributed by atoms with E-state index in [0.717, 1.165) is 35.0 Å². The van der Waals surface area contributed by atoms with Gasteiger partial charge >= 0.3 is 0 Å². The molecule has 25 heavy (non-hydrogen) atoms. The van der Waals surface area contributed by atoms with E-state index in [9.17, 15) is 4.79 Å². The van der Waals surface area contributed by atoms with Crippen molar-refractivity contribution in [2.24, 2.45) is 11.8 Å². The molecule has 0 spiro atoms. The predicted molar refractivity (Wildman–Crippen MR) is 102 cm³/mol. The predicted octanol–water partition coefficient (Wildman–Crippen LogP) is 4.11. The number of aromatic nitrogens is 2. The third-order valence-electron chi connectivity index (χ3n) is 4.91. The van der Waals surface area contributed by atoms with E-state index < -0.39 is 0 Å². The van der Waals surface area contributed by atoms with Crippen molar-refractivity contribution in [3.8, 4) is 11.3 Å². The number of carbonyl (C=O) groups excluding carboxylic acids is 1. The Balaban J connectivity index is 1.55. The zero-order valence-electron chi connectivity index (χ0n) is 14.7. The lowest BCUT2D eigenvalue weighted by Crippen LogP contribution is -2.43. The number of hydrogen-bond acceptors (Lipinski definition) is 3. The largest absolute Gasteiger partial charge is 0.342 e. The molecule has 2 atom stereocenters. The Bertz CT molecular complexity index is 873. The first-order valence-electron chi connectivity index (χ1n) is 8.89. The molecular weight excluding hydrogens is 330 g/mol. The number of piperidine rings is 1. The van der Waals surface area contributed by atoms with Crippen molar-refractivity contribution >= 4 is 22.2 Å². The van der Waals surface area contributed by atoms with E-state index in [0.29, 0.717) is 18.3 Å². The Morgan fingerprint density at radius 2 is 1.92 bits per heavy atom. The van der Waals surface area contributed by atoms with Crippen LogP contribution in [0.4, 0.5) is 0 Å². The number of nitrogens with zero attached hydrogens (tertiary/aromatic N) is 3. The molecule has 1 aliphatic heterocycles. The van der Waals surface area contributed by atoms with Gasteiger partial charge in [-0.2, -0.15) is 0 Å². The smallest absolute Gasteiger partial charge is 0.228 e. The minimum absolute atomic E-state index is 0.230. The standard InChI is InChI=1S/C20H23N3OS/c1-14-8-15(2)11-22(10-14)19(24)9-17-13-25-20-21-18(12-23(17)20)16-6-4-3-5-7-16/h3-7,12-15H,8-11H2,1-2H3. The minimum Gasteiger partial charge on any atom is -0.342 e. The lowest BCUT2D eigenvalue weighted by atomic mass is 9.91. The maximum absolute atomic E-state index is 12.8. The molecule has 0 radical (unpaired) electrons. The van der Waals surface area contributed by atoms with Gasteiger partial charge in [0.1, 0.15) is 0 Å². The Hall–Kier alpha value is -2.14. The van der Waals surface area contributed by atoms with Gasteiger partial charge in [0.2, 0.25) is 5.91 Å². The molecule has 4 rings (SSSR count). The third-order valence-corrected chi connectivity index (χ3v) is 5.80. The molecule has 1 amide bonds. The lowest BCUT2D eigenvalue weighted by Gasteiger charge is -2.35. The third kappa shape index (κ3) is 3.33. The highest BCUT2D eigenvalue weighted by Crippen LogP contribution is 2.25. The second-order valence-electron chi connectivity index (χ2n) is 7.29. The van der Waals surface area contributed by atoms with E-state index in [2.05, 4.69) is 35.8 Å². The number of thiazole rings is 1. The van der Waals surface area contributed by atoms with Crippen LogP contribution in [0.25, 0.3) is 16.2 Å². The number of fused-ring (bicyclic) bond motifs is 1. The van der Waals surface area contributed by atoms with Crippen molar-refractivity contribution in [3.63, 3.8) is 0 Å². The quantitative estimate of drug-likeness (QED) is 0.711. The summed E-state index contributed by atoms with van der Waals surface area (Å²) in [5.74, 6) is 1.41. The molecule has 3 heterocycles. The number of imidazole rings is 1. The Morgan fingerprint density at radius 1 is 1.20 bits per heavy atom. The fourth-order valence-electron chi connectivity index (χ4n) is 3.84. The van der Waals surface area contributed by atoms with Crippen molar-refractivity contribution in [2.45, 2.75) is 26.7 Å². The second kappa shape index (κ2) is 6.64. The Kier molecular flexibility index (Phi) is 4.34. The van der Waals surface area contributed by atoms with E-state index in [-0.39, 0.29) is 5.91 Å². The van der Waals surface area contributed by atoms with Gasteiger partial charge in [-0.25, -0.2) is 4.98 Å². The fourth-order valence-corrected chi connectivity index (χ4v) is 4.71. The van der Waals surface area contributed by atoms with Crippen molar-refractivity contribution < 1.29 is 4.79 Å². The average molecular weight is 353 g/mol. The molecule has 4 nitrogen and oxygen atoms in total. The van der Waals surface area contributed by atoms with Crippen LogP contribution in [0.2, 0.25) is 0 Å². The van der Waals surface area contributed by atoms with Crippen LogP contribution in [-0.4, -0.2) is 33.3 Å². The van der Waals surface area contributed by atoms with Gasteiger partial charge in [-0.1, -0.05) is 44.2 Å². The first kappa shape index (κ1) is 16.3. The minimum atomic E-state index is 0.230. The number of benzene rings is 1. The highest BCUT2D eigenvalue weighted by Gasteiger charge is 2.26. The molecule has 1 aromatic carbocycles. The van der Waals surface area contributed by atoms with Crippen molar-refractivity contribution in [1.82, 2.24) is 14.3 Å². The van der Waals surface area contributed by atoms with Crippen LogP contribution >= 0.6 is 11.3 Å². The summed E-state index contributed by atoms with van der Waals surface area (Å²) in [6, 6.07) is 10.2. The SMILES string of the molecule is CC1CC(C)CN(C(=O)Cc2csc3nc(-c4ccccc4)cn23)C1. The van der Waals surface area contributed by atoms with E-state index >= 15 is 0 Å². The van der Waals surface area contributed by atoms with Crippen molar-refractivity contribution in [3.05, 3.63) is 47.6 Å². The molecule has 0 aliphatic carbocycles. The second-order valence-corrected chi connectivity index (χ2v) is 8.13. The zero-order valence-corrected chi connectivity index (χ0v) is 15.5. The number of likely N-dealkylation sites (tertiary alicyclic amines) is 1. The number of amides is 1. The molecule has 1 aliphatic rings. The zero-order chi connectivity index (χ0) is 17.4. The summed E-state index contributed by atoms with van der Waals surface area (Å²) >= 11 is 1.60. The maximum Gasteiger partial charge on any atom is 0.228 e. The van der Waals surface area contributed by atoms with E-state index in [1.165, 1.54) is 6.42 Å². The molecule has 5 heteroatoms. The van der Waals surface area contributed by atoms with Gasteiger partial charge in [0.25, 0.3) is 0 Å². The normalized spacial score (nSPS) is 21.0. The summed E-state index contributed by atoms with van der Waals surface area (Å²) < 4.78 is 2.07. The van der Waals surface area contributed by atoms with Gasteiger partial charge in [0.15, 0.2) is 4.96 Å². The Morgan fingerprint density at radius 3 is 2.64 bits per heavy atom. The van der Waals surface area contributed by atoms with Crippen LogP contribution in [0.15, 0.2) is 41.9 Å². The summed E-state index contributed by atoms with van der Waals surface area (Å²) in [7, 11) is 0. The summed E-state index contributed by atoms with van der Waals surface area (Å²) in [4.78, 5) is 20.5. The molecule has 0 bridgehead atoms. The molecule has 0 N–H and O–H groups in total. The van der Waals surface area contributed by atoms with Gasteiger partial charge in [-0.3, -0.25) is 9.20 Å². The molecule has 1 saturated heterocycles. The van der Waals surface area contributed by atoms with Crippen molar-refractivity contribution in [1.29, 1.82) is 0 Å². The molecule has 3 aromatic rings. The maximum atomic E-state index is 12.8. The highest BCUT2D eigenvalue weighted by atomic mass is 32.1. The topological polar surface area (TPSA) is 37.6 Å². The molecule has 2 aromatic heterocycles. The van der Waals surface area contributed by atoms with Crippen molar-refractivity contribution in [2.75, 3.05) is 13.1 Å². The lowest BCUT2D eigenvalue weighted by molar-refractivity contribution is -0.133. The van der Waals surface area contributed by atoms with Crippen LogP contribution in [0.3, 0.4) is 0 Å².